The Morgan fingerprint density at radius 2 is 2.11 bits per heavy atom. The summed E-state index contributed by atoms with van der Waals surface area (Å²) in [6.45, 7) is 3.84. The van der Waals surface area contributed by atoms with Crippen LogP contribution in [0, 0.1) is 0 Å². The van der Waals surface area contributed by atoms with Gasteiger partial charge in [0.25, 0.3) is 0 Å². The number of nitrogens with zero attached hydrogens (tertiary/aromatic N) is 2. The molecule has 2 N–H and O–H groups in total. The van der Waals surface area contributed by atoms with Crippen LogP contribution in [-0.2, 0) is 6.54 Å². The van der Waals surface area contributed by atoms with Crippen LogP contribution in [0.4, 0.5) is 5.95 Å². The Kier molecular flexibility index (Phi) is 4.59. The Balaban J connectivity index is 2.17. The summed E-state index contributed by atoms with van der Waals surface area (Å²) in [7, 11) is 0. The van der Waals surface area contributed by atoms with Gasteiger partial charge in [-0.25, -0.2) is 4.98 Å². The minimum atomic E-state index is 0.129. The Labute approximate surface area is 108 Å². The second-order valence-electron chi connectivity index (χ2n) is 4.43. The summed E-state index contributed by atoms with van der Waals surface area (Å²) in [5.41, 5.74) is 2.05. The van der Waals surface area contributed by atoms with Crippen molar-refractivity contribution in [2.24, 2.45) is 0 Å². The summed E-state index contributed by atoms with van der Waals surface area (Å²) >= 11 is 0. The summed E-state index contributed by atoms with van der Waals surface area (Å²) in [5, 5.41) is 12.5. The van der Waals surface area contributed by atoms with E-state index in [1.807, 2.05) is 28.8 Å². The van der Waals surface area contributed by atoms with Gasteiger partial charge in [-0.1, -0.05) is 31.9 Å². The number of hydrogen-bond donors (Lipinski definition) is 2. The summed E-state index contributed by atoms with van der Waals surface area (Å²) in [6, 6.07) is 8.02. The van der Waals surface area contributed by atoms with E-state index in [9.17, 15) is 0 Å². The normalized spacial score (nSPS) is 11.0. The van der Waals surface area contributed by atoms with Crippen LogP contribution in [0.5, 0.6) is 0 Å². The van der Waals surface area contributed by atoms with Crippen LogP contribution in [0.2, 0.25) is 0 Å². The summed E-state index contributed by atoms with van der Waals surface area (Å²) < 4.78 is 2.04. The molecule has 0 saturated carbocycles. The molecule has 0 saturated heterocycles. The van der Waals surface area contributed by atoms with E-state index in [4.69, 9.17) is 5.11 Å². The molecule has 4 heteroatoms. The Hall–Kier alpha value is -1.55. The summed E-state index contributed by atoms with van der Waals surface area (Å²) in [4.78, 5) is 4.57. The van der Waals surface area contributed by atoms with Gasteiger partial charge < -0.3 is 15.0 Å². The molecular weight excluding hydrogens is 226 g/mol. The van der Waals surface area contributed by atoms with Gasteiger partial charge in [0.05, 0.1) is 17.6 Å². The first kappa shape index (κ1) is 12.9. The topological polar surface area (TPSA) is 50.1 Å². The molecule has 98 valence electrons. The molecule has 2 rings (SSSR count). The van der Waals surface area contributed by atoms with E-state index in [1.165, 1.54) is 12.8 Å². The highest BCUT2D eigenvalue weighted by Crippen LogP contribution is 2.19. The van der Waals surface area contributed by atoms with Gasteiger partial charge in [-0.2, -0.15) is 0 Å². The van der Waals surface area contributed by atoms with Gasteiger partial charge in [-0.05, 0) is 18.6 Å². The molecule has 0 aliphatic heterocycles. The summed E-state index contributed by atoms with van der Waals surface area (Å²) in [5.74, 6) is 0.862. The molecule has 0 spiro atoms. The first-order chi connectivity index (χ1) is 8.86. The van der Waals surface area contributed by atoms with Gasteiger partial charge in [0.2, 0.25) is 5.95 Å². The number of hydrogen-bond acceptors (Lipinski definition) is 3. The van der Waals surface area contributed by atoms with Crippen LogP contribution < -0.4 is 5.32 Å². The van der Waals surface area contributed by atoms with Crippen molar-refractivity contribution in [2.45, 2.75) is 32.7 Å². The molecule has 0 amide bonds. The molecule has 4 nitrogen and oxygen atoms in total. The Morgan fingerprint density at radius 3 is 2.89 bits per heavy atom. The maximum absolute atomic E-state index is 9.16. The van der Waals surface area contributed by atoms with Gasteiger partial charge in [-0.3, -0.25) is 0 Å². The molecule has 0 unspecified atom stereocenters. The first-order valence-electron chi connectivity index (χ1n) is 6.66. The van der Waals surface area contributed by atoms with Crippen LogP contribution in [0.25, 0.3) is 11.0 Å². The highest BCUT2D eigenvalue weighted by Gasteiger charge is 2.08. The molecule has 2 aromatic rings. The van der Waals surface area contributed by atoms with Gasteiger partial charge in [0.1, 0.15) is 0 Å². The third-order valence-corrected chi connectivity index (χ3v) is 3.04. The van der Waals surface area contributed by atoms with Gasteiger partial charge in [-0.15, -0.1) is 0 Å². The number of para-hydroxylation sites is 2. The minimum absolute atomic E-state index is 0.129. The number of aromatic nitrogens is 2. The Bertz CT molecular complexity index is 493. The van der Waals surface area contributed by atoms with E-state index in [0.717, 1.165) is 29.9 Å². The molecule has 1 aromatic heterocycles. The molecule has 18 heavy (non-hydrogen) atoms. The standard InChI is InChI=1S/C14H21N3O/c1-2-3-6-9-15-14-16-12-7-4-5-8-13(12)17(14)10-11-18/h4-5,7-8,18H,2-3,6,9-11H2,1H3,(H,15,16). The number of fused-ring (bicyclic) bond motifs is 1. The highest BCUT2D eigenvalue weighted by atomic mass is 16.3. The fourth-order valence-electron chi connectivity index (χ4n) is 2.11. The average molecular weight is 247 g/mol. The quantitative estimate of drug-likeness (QED) is 0.739. The molecule has 0 aliphatic rings. The predicted molar refractivity (Wildman–Crippen MR) is 74.8 cm³/mol. The number of imidazole rings is 1. The Morgan fingerprint density at radius 1 is 1.28 bits per heavy atom. The van der Waals surface area contributed by atoms with Crippen LogP contribution in [0.1, 0.15) is 26.2 Å². The molecular formula is C14H21N3O. The van der Waals surface area contributed by atoms with Crippen molar-refractivity contribution in [3.63, 3.8) is 0 Å². The number of aliphatic hydroxyl groups is 1. The lowest BCUT2D eigenvalue weighted by atomic mass is 10.2. The lowest BCUT2D eigenvalue weighted by molar-refractivity contribution is 0.278. The van der Waals surface area contributed by atoms with Crippen molar-refractivity contribution in [2.75, 3.05) is 18.5 Å². The van der Waals surface area contributed by atoms with Gasteiger partial charge in [0.15, 0.2) is 0 Å². The van der Waals surface area contributed by atoms with Gasteiger partial charge >= 0.3 is 0 Å². The molecule has 0 atom stereocenters. The predicted octanol–water partition coefficient (Wildman–Crippen LogP) is 2.63. The van der Waals surface area contributed by atoms with Crippen molar-refractivity contribution in [1.29, 1.82) is 0 Å². The lowest BCUT2D eigenvalue weighted by Crippen LogP contribution is -2.10. The maximum atomic E-state index is 9.16. The molecule has 0 bridgehead atoms. The number of nitrogens with one attached hydrogen (secondary N) is 1. The highest BCUT2D eigenvalue weighted by molar-refractivity contribution is 5.78. The van der Waals surface area contributed by atoms with Crippen molar-refractivity contribution in [1.82, 2.24) is 9.55 Å². The van der Waals surface area contributed by atoms with E-state index in [-0.39, 0.29) is 6.61 Å². The van der Waals surface area contributed by atoms with E-state index in [1.54, 1.807) is 0 Å². The third kappa shape index (κ3) is 2.82. The van der Waals surface area contributed by atoms with Crippen LogP contribution >= 0.6 is 0 Å². The van der Waals surface area contributed by atoms with Crippen LogP contribution in [0.3, 0.4) is 0 Å². The van der Waals surface area contributed by atoms with E-state index >= 15 is 0 Å². The van der Waals surface area contributed by atoms with Crippen LogP contribution in [0.15, 0.2) is 24.3 Å². The number of rotatable bonds is 7. The first-order valence-corrected chi connectivity index (χ1v) is 6.66. The van der Waals surface area contributed by atoms with Crippen molar-refractivity contribution in [3.05, 3.63) is 24.3 Å². The van der Waals surface area contributed by atoms with E-state index < -0.39 is 0 Å². The molecule has 1 heterocycles. The zero-order valence-electron chi connectivity index (χ0n) is 10.9. The van der Waals surface area contributed by atoms with E-state index in [0.29, 0.717) is 6.54 Å². The molecule has 0 radical (unpaired) electrons. The zero-order chi connectivity index (χ0) is 12.8. The molecule has 0 fully saturated rings. The largest absolute Gasteiger partial charge is 0.395 e. The van der Waals surface area contributed by atoms with Crippen molar-refractivity contribution in [3.8, 4) is 0 Å². The van der Waals surface area contributed by atoms with Crippen molar-refractivity contribution < 1.29 is 5.11 Å². The maximum Gasteiger partial charge on any atom is 0.203 e. The number of anilines is 1. The monoisotopic (exact) mass is 247 g/mol. The minimum Gasteiger partial charge on any atom is -0.395 e. The molecule has 0 aliphatic carbocycles. The van der Waals surface area contributed by atoms with Crippen LogP contribution in [-0.4, -0.2) is 27.8 Å². The SMILES string of the molecule is CCCCCNc1nc2ccccc2n1CCO. The fraction of sp³-hybridized carbons (Fsp3) is 0.500. The third-order valence-electron chi connectivity index (χ3n) is 3.04. The molecule has 1 aromatic carbocycles. The number of unbranched alkanes of at least 4 members (excludes halogenated alkanes) is 2. The number of benzene rings is 1. The van der Waals surface area contributed by atoms with E-state index in [2.05, 4.69) is 17.2 Å². The average Bonchev–Trinajstić information content (AvgIpc) is 2.74. The number of aliphatic hydroxyl groups excluding tert-OH is 1. The smallest absolute Gasteiger partial charge is 0.203 e. The second kappa shape index (κ2) is 6.40. The lowest BCUT2D eigenvalue weighted by Gasteiger charge is -2.09. The zero-order valence-corrected chi connectivity index (χ0v) is 10.9. The van der Waals surface area contributed by atoms with Crippen molar-refractivity contribution >= 4 is 17.0 Å². The second-order valence-corrected chi connectivity index (χ2v) is 4.43. The van der Waals surface area contributed by atoms with Gasteiger partial charge in [0, 0.05) is 13.1 Å². The fourth-order valence-corrected chi connectivity index (χ4v) is 2.11. The summed E-state index contributed by atoms with van der Waals surface area (Å²) in [6.07, 6.45) is 3.60.